The Morgan fingerprint density at radius 1 is 1.53 bits per heavy atom. The van der Waals surface area contributed by atoms with Gasteiger partial charge in [0.15, 0.2) is 0 Å². The van der Waals surface area contributed by atoms with Crippen molar-refractivity contribution in [3.8, 4) is 0 Å². The molecule has 104 valence electrons. The predicted octanol–water partition coefficient (Wildman–Crippen LogP) is 0.106. The van der Waals surface area contributed by atoms with Crippen molar-refractivity contribution in [1.29, 1.82) is 0 Å². The van der Waals surface area contributed by atoms with Gasteiger partial charge in [-0.05, 0) is 32.0 Å². The van der Waals surface area contributed by atoms with Crippen LogP contribution in [0.4, 0.5) is 0 Å². The normalized spacial score (nSPS) is 18.6. The van der Waals surface area contributed by atoms with Crippen LogP contribution in [0, 0.1) is 0 Å². The highest BCUT2D eigenvalue weighted by Gasteiger charge is 2.33. The number of likely N-dealkylation sites (N-methyl/N-ethyl adjacent to an activating group) is 1. The average molecular weight is 265 g/mol. The van der Waals surface area contributed by atoms with Crippen LogP contribution < -0.4 is 10.6 Å². The van der Waals surface area contributed by atoms with E-state index in [2.05, 4.69) is 10.6 Å². The number of furan rings is 1. The first-order chi connectivity index (χ1) is 9.22. The molecule has 0 saturated carbocycles. The molecule has 2 amide bonds. The van der Waals surface area contributed by atoms with E-state index in [1.165, 1.54) is 0 Å². The molecule has 19 heavy (non-hydrogen) atoms. The molecule has 0 aliphatic carbocycles. The molecule has 2 rings (SSSR count). The molecule has 1 aromatic rings. The number of hydrogen-bond acceptors (Lipinski definition) is 4. The third-order valence-corrected chi connectivity index (χ3v) is 3.22. The van der Waals surface area contributed by atoms with Crippen LogP contribution in [0.25, 0.3) is 0 Å². The Kier molecular flexibility index (Phi) is 4.57. The lowest BCUT2D eigenvalue weighted by molar-refractivity contribution is -0.137. The number of nitrogens with zero attached hydrogens (tertiary/aromatic N) is 1. The highest BCUT2D eigenvalue weighted by Crippen LogP contribution is 2.17. The quantitative estimate of drug-likeness (QED) is 0.792. The highest BCUT2D eigenvalue weighted by atomic mass is 16.3. The summed E-state index contributed by atoms with van der Waals surface area (Å²) in [7, 11) is 1.72. The molecule has 2 N–H and O–H groups in total. The Labute approximate surface area is 112 Å². The van der Waals surface area contributed by atoms with Gasteiger partial charge in [-0.1, -0.05) is 0 Å². The molecule has 0 spiro atoms. The van der Waals surface area contributed by atoms with Crippen LogP contribution in [0.5, 0.6) is 0 Å². The number of carbonyl (C=O) groups is 2. The van der Waals surface area contributed by atoms with E-state index >= 15 is 0 Å². The van der Waals surface area contributed by atoms with E-state index in [9.17, 15) is 9.59 Å². The summed E-state index contributed by atoms with van der Waals surface area (Å²) in [5, 5.41) is 5.63. The summed E-state index contributed by atoms with van der Waals surface area (Å²) in [4.78, 5) is 25.6. The summed E-state index contributed by atoms with van der Waals surface area (Å²) >= 11 is 0. The number of nitrogens with one attached hydrogen (secondary N) is 2. The van der Waals surface area contributed by atoms with E-state index in [1.807, 2.05) is 0 Å². The molecular formula is C13H19N3O3. The molecule has 6 nitrogen and oxygen atoms in total. The monoisotopic (exact) mass is 265 g/mol. The molecule has 2 heterocycles. The van der Waals surface area contributed by atoms with Gasteiger partial charge in [0.25, 0.3) is 0 Å². The van der Waals surface area contributed by atoms with Gasteiger partial charge in [-0.2, -0.15) is 0 Å². The summed E-state index contributed by atoms with van der Waals surface area (Å²) in [5.74, 6) is 0.566. The summed E-state index contributed by atoms with van der Waals surface area (Å²) in [5.41, 5.74) is 0. The summed E-state index contributed by atoms with van der Waals surface area (Å²) in [6, 6.07) is 3.23. The minimum atomic E-state index is -0.351. The SMILES string of the molecule is CNCC(=O)N1CCCC1C(=O)NCc1ccco1. The van der Waals surface area contributed by atoms with Gasteiger partial charge in [-0.15, -0.1) is 0 Å². The summed E-state index contributed by atoms with van der Waals surface area (Å²) in [6.45, 7) is 1.28. The Bertz CT molecular complexity index is 430. The van der Waals surface area contributed by atoms with Gasteiger partial charge in [0.05, 0.1) is 19.4 Å². The van der Waals surface area contributed by atoms with Crippen LogP contribution in [0.1, 0.15) is 18.6 Å². The van der Waals surface area contributed by atoms with Crippen molar-refractivity contribution in [2.75, 3.05) is 20.1 Å². The lowest BCUT2D eigenvalue weighted by atomic mass is 10.2. The molecule has 1 saturated heterocycles. The maximum Gasteiger partial charge on any atom is 0.243 e. The van der Waals surface area contributed by atoms with Crippen molar-refractivity contribution in [3.05, 3.63) is 24.2 Å². The number of rotatable bonds is 5. The second kappa shape index (κ2) is 6.38. The predicted molar refractivity (Wildman–Crippen MR) is 69.2 cm³/mol. The lowest BCUT2D eigenvalue weighted by Gasteiger charge is -2.23. The van der Waals surface area contributed by atoms with E-state index in [4.69, 9.17) is 4.42 Å². The van der Waals surface area contributed by atoms with Crippen LogP contribution >= 0.6 is 0 Å². The van der Waals surface area contributed by atoms with E-state index in [0.717, 1.165) is 12.8 Å². The third-order valence-electron chi connectivity index (χ3n) is 3.22. The van der Waals surface area contributed by atoms with E-state index in [-0.39, 0.29) is 24.4 Å². The first kappa shape index (κ1) is 13.6. The summed E-state index contributed by atoms with van der Waals surface area (Å²) in [6.07, 6.45) is 3.16. The highest BCUT2D eigenvalue weighted by molar-refractivity contribution is 5.88. The lowest BCUT2D eigenvalue weighted by Crippen LogP contribution is -2.47. The Hall–Kier alpha value is -1.82. The second-order valence-corrected chi connectivity index (χ2v) is 4.57. The summed E-state index contributed by atoms with van der Waals surface area (Å²) < 4.78 is 5.15. The third kappa shape index (κ3) is 3.35. The van der Waals surface area contributed by atoms with Gasteiger partial charge in [0, 0.05) is 6.54 Å². The molecule has 1 aliphatic rings. The van der Waals surface area contributed by atoms with Crippen LogP contribution in [-0.4, -0.2) is 42.9 Å². The Balaban J connectivity index is 1.88. The van der Waals surface area contributed by atoms with Crippen molar-refractivity contribution in [2.24, 2.45) is 0 Å². The smallest absolute Gasteiger partial charge is 0.243 e. The first-order valence-electron chi connectivity index (χ1n) is 6.46. The first-order valence-corrected chi connectivity index (χ1v) is 6.46. The zero-order valence-corrected chi connectivity index (χ0v) is 11.0. The van der Waals surface area contributed by atoms with Gasteiger partial charge in [0.2, 0.25) is 11.8 Å². The number of carbonyl (C=O) groups excluding carboxylic acids is 2. The molecule has 1 aliphatic heterocycles. The number of likely N-dealkylation sites (tertiary alicyclic amines) is 1. The van der Waals surface area contributed by atoms with Crippen LogP contribution in [0.2, 0.25) is 0 Å². The van der Waals surface area contributed by atoms with E-state index in [1.54, 1.807) is 30.3 Å². The van der Waals surface area contributed by atoms with Crippen molar-refractivity contribution in [2.45, 2.75) is 25.4 Å². The second-order valence-electron chi connectivity index (χ2n) is 4.57. The van der Waals surface area contributed by atoms with Crippen molar-refractivity contribution in [3.63, 3.8) is 0 Å². The van der Waals surface area contributed by atoms with Gasteiger partial charge >= 0.3 is 0 Å². The van der Waals surface area contributed by atoms with Gasteiger partial charge in [-0.25, -0.2) is 0 Å². The largest absolute Gasteiger partial charge is 0.467 e. The molecule has 0 radical (unpaired) electrons. The van der Waals surface area contributed by atoms with Gasteiger partial charge < -0.3 is 20.0 Å². The topological polar surface area (TPSA) is 74.6 Å². The fourth-order valence-electron chi connectivity index (χ4n) is 2.30. The minimum Gasteiger partial charge on any atom is -0.467 e. The number of amides is 2. The molecule has 0 bridgehead atoms. The molecule has 1 aromatic heterocycles. The van der Waals surface area contributed by atoms with E-state index < -0.39 is 0 Å². The van der Waals surface area contributed by atoms with Crippen LogP contribution in [0.3, 0.4) is 0 Å². The Morgan fingerprint density at radius 2 is 2.37 bits per heavy atom. The van der Waals surface area contributed by atoms with Crippen molar-refractivity contribution < 1.29 is 14.0 Å². The maximum absolute atomic E-state index is 12.1. The van der Waals surface area contributed by atoms with Crippen molar-refractivity contribution >= 4 is 11.8 Å². The standard InChI is InChI=1S/C13H19N3O3/c1-14-9-12(17)16-6-2-5-11(16)13(18)15-8-10-4-3-7-19-10/h3-4,7,11,14H,2,5-6,8-9H2,1H3,(H,15,18). The molecule has 6 heteroatoms. The molecule has 1 unspecified atom stereocenters. The van der Waals surface area contributed by atoms with Gasteiger partial charge in [0.1, 0.15) is 11.8 Å². The van der Waals surface area contributed by atoms with Gasteiger partial charge in [-0.3, -0.25) is 9.59 Å². The Morgan fingerprint density at radius 3 is 3.05 bits per heavy atom. The molecule has 1 fully saturated rings. The molecule has 1 atom stereocenters. The zero-order chi connectivity index (χ0) is 13.7. The van der Waals surface area contributed by atoms with Crippen LogP contribution in [-0.2, 0) is 16.1 Å². The fraction of sp³-hybridized carbons (Fsp3) is 0.538. The average Bonchev–Trinajstić information content (AvgIpc) is 3.07. The van der Waals surface area contributed by atoms with Crippen LogP contribution in [0.15, 0.2) is 22.8 Å². The number of hydrogen-bond donors (Lipinski definition) is 2. The fourth-order valence-corrected chi connectivity index (χ4v) is 2.30. The van der Waals surface area contributed by atoms with E-state index in [0.29, 0.717) is 18.8 Å². The molecule has 0 aromatic carbocycles. The van der Waals surface area contributed by atoms with Crippen molar-refractivity contribution in [1.82, 2.24) is 15.5 Å². The maximum atomic E-state index is 12.1. The molecular weight excluding hydrogens is 246 g/mol. The minimum absolute atomic E-state index is 0.0295. The zero-order valence-electron chi connectivity index (χ0n) is 11.0.